The van der Waals surface area contributed by atoms with E-state index in [1.165, 1.54) is 0 Å². The lowest BCUT2D eigenvalue weighted by Crippen LogP contribution is -2.01. The summed E-state index contributed by atoms with van der Waals surface area (Å²) in [6.07, 6.45) is 0. The van der Waals surface area contributed by atoms with Crippen LogP contribution in [0.5, 0.6) is 0 Å². The Hall–Kier alpha value is -1.13. The molecule has 0 aliphatic heterocycles. The quantitative estimate of drug-likeness (QED) is 0.876. The highest BCUT2D eigenvalue weighted by molar-refractivity contribution is 9.10. The molecular weight excluding hydrogens is 310 g/mol. The first-order chi connectivity index (χ1) is 8.58. The number of nitrogen functional groups attached to an aromatic ring is 1. The van der Waals surface area contributed by atoms with Crippen molar-refractivity contribution in [2.45, 2.75) is 17.6 Å². The molecule has 1 atom stereocenters. The van der Waals surface area contributed by atoms with Gasteiger partial charge >= 0.3 is 0 Å². The molecule has 18 heavy (non-hydrogen) atoms. The van der Waals surface area contributed by atoms with Crippen molar-refractivity contribution in [2.75, 3.05) is 5.73 Å². The van der Waals surface area contributed by atoms with Gasteiger partial charge in [-0.05, 0) is 42.3 Å². The van der Waals surface area contributed by atoms with Crippen molar-refractivity contribution in [2.24, 2.45) is 0 Å². The number of halogens is 1. The Balaban J connectivity index is 2.22. The van der Waals surface area contributed by atoms with Gasteiger partial charge in [0.05, 0.1) is 16.6 Å². The van der Waals surface area contributed by atoms with Gasteiger partial charge in [-0.25, -0.2) is 0 Å². The van der Waals surface area contributed by atoms with Crippen molar-refractivity contribution in [3.05, 3.63) is 58.1 Å². The van der Waals surface area contributed by atoms with Crippen molar-refractivity contribution in [3.8, 4) is 0 Å². The van der Waals surface area contributed by atoms with Gasteiger partial charge in [0.1, 0.15) is 0 Å². The summed E-state index contributed by atoms with van der Waals surface area (Å²) >= 11 is 3.39. The van der Waals surface area contributed by atoms with Gasteiger partial charge in [-0.2, -0.15) is 0 Å². The normalized spacial score (nSPS) is 12.3. The molecule has 0 bridgehead atoms. The Morgan fingerprint density at radius 2 is 1.83 bits per heavy atom. The van der Waals surface area contributed by atoms with E-state index < -0.39 is 10.8 Å². The number of rotatable bonds is 3. The van der Waals surface area contributed by atoms with Gasteiger partial charge in [0.25, 0.3) is 0 Å². The molecule has 0 saturated heterocycles. The van der Waals surface area contributed by atoms with Crippen molar-refractivity contribution in [1.82, 2.24) is 0 Å². The van der Waals surface area contributed by atoms with Crippen LogP contribution >= 0.6 is 15.9 Å². The number of hydrogen-bond acceptors (Lipinski definition) is 2. The average Bonchev–Trinajstić information content (AvgIpc) is 2.35. The second-order valence-electron chi connectivity index (χ2n) is 4.09. The number of nitrogens with two attached hydrogens (primary N) is 1. The van der Waals surface area contributed by atoms with E-state index in [1.807, 2.05) is 49.4 Å². The van der Waals surface area contributed by atoms with Crippen LogP contribution in [0, 0.1) is 6.92 Å². The third kappa shape index (κ3) is 3.00. The maximum atomic E-state index is 12.3. The van der Waals surface area contributed by atoms with Gasteiger partial charge in [-0.3, -0.25) is 4.21 Å². The first kappa shape index (κ1) is 13.3. The Morgan fingerprint density at radius 3 is 2.50 bits per heavy atom. The third-order valence-corrected chi connectivity index (χ3v) is 4.84. The minimum absolute atomic E-state index is 0.511. The summed E-state index contributed by atoms with van der Waals surface area (Å²) in [5.41, 5.74) is 8.49. The summed E-state index contributed by atoms with van der Waals surface area (Å²) in [7, 11) is -1.06. The highest BCUT2D eigenvalue weighted by Gasteiger charge is 2.09. The molecule has 1 unspecified atom stereocenters. The largest absolute Gasteiger partial charge is 0.398 e. The van der Waals surface area contributed by atoms with Crippen LogP contribution in [0.15, 0.2) is 51.8 Å². The van der Waals surface area contributed by atoms with E-state index >= 15 is 0 Å². The van der Waals surface area contributed by atoms with E-state index in [9.17, 15) is 4.21 Å². The molecule has 0 spiro atoms. The molecule has 4 heteroatoms. The molecule has 0 saturated carbocycles. The highest BCUT2D eigenvalue weighted by atomic mass is 79.9. The van der Waals surface area contributed by atoms with Gasteiger partial charge < -0.3 is 5.73 Å². The average molecular weight is 324 g/mol. The number of anilines is 1. The molecule has 0 aliphatic rings. The molecule has 0 amide bonds. The lowest BCUT2D eigenvalue weighted by Gasteiger charge is -2.08. The van der Waals surface area contributed by atoms with E-state index in [4.69, 9.17) is 5.73 Å². The summed E-state index contributed by atoms with van der Waals surface area (Å²) in [5.74, 6) is 0.511. The predicted molar refractivity (Wildman–Crippen MR) is 79.8 cm³/mol. The second-order valence-corrected chi connectivity index (χ2v) is 6.42. The summed E-state index contributed by atoms with van der Waals surface area (Å²) < 4.78 is 13.3. The lowest BCUT2D eigenvalue weighted by atomic mass is 10.2. The second kappa shape index (κ2) is 5.67. The van der Waals surface area contributed by atoms with Crippen LogP contribution in [0.1, 0.15) is 11.1 Å². The first-order valence-corrected chi connectivity index (χ1v) is 7.67. The Morgan fingerprint density at radius 1 is 1.17 bits per heavy atom. The minimum atomic E-state index is -1.06. The molecule has 2 aromatic rings. The smallest absolute Gasteiger partial charge is 0.0577 e. The Labute approximate surface area is 118 Å². The molecule has 0 heterocycles. The molecule has 2 rings (SSSR count). The zero-order chi connectivity index (χ0) is 13.1. The zero-order valence-corrected chi connectivity index (χ0v) is 12.4. The minimum Gasteiger partial charge on any atom is -0.398 e. The summed E-state index contributed by atoms with van der Waals surface area (Å²) in [4.78, 5) is 0.818. The molecule has 0 radical (unpaired) electrons. The van der Waals surface area contributed by atoms with E-state index in [-0.39, 0.29) is 0 Å². The highest BCUT2D eigenvalue weighted by Crippen LogP contribution is 2.21. The zero-order valence-electron chi connectivity index (χ0n) is 10.0. The van der Waals surface area contributed by atoms with Gasteiger partial charge in [-0.1, -0.05) is 34.1 Å². The summed E-state index contributed by atoms with van der Waals surface area (Å²) in [6.45, 7) is 1.91. The van der Waals surface area contributed by atoms with E-state index in [2.05, 4.69) is 15.9 Å². The third-order valence-electron chi connectivity index (χ3n) is 2.78. The summed E-state index contributed by atoms with van der Waals surface area (Å²) in [6, 6.07) is 13.4. The van der Waals surface area contributed by atoms with Crippen LogP contribution < -0.4 is 5.73 Å². The van der Waals surface area contributed by atoms with Crippen LogP contribution in [0.2, 0.25) is 0 Å². The van der Waals surface area contributed by atoms with Crippen LogP contribution in [0.4, 0.5) is 5.69 Å². The van der Waals surface area contributed by atoms with E-state index in [0.29, 0.717) is 11.4 Å². The van der Waals surface area contributed by atoms with Crippen molar-refractivity contribution in [1.29, 1.82) is 0 Å². The molecule has 0 aromatic heterocycles. The fraction of sp³-hybridized carbons (Fsp3) is 0.143. The monoisotopic (exact) mass is 323 g/mol. The standard InChI is InChI=1S/C14H14BrNOS/c1-10-13(16)3-2-4-14(10)18(17)9-11-5-7-12(15)8-6-11/h2-8H,9,16H2,1H3. The van der Waals surface area contributed by atoms with E-state index in [1.54, 1.807) is 0 Å². The molecule has 0 aliphatic carbocycles. The molecule has 0 fully saturated rings. The van der Waals surface area contributed by atoms with Crippen LogP contribution in [0.25, 0.3) is 0 Å². The van der Waals surface area contributed by atoms with Gasteiger partial charge in [-0.15, -0.1) is 0 Å². The lowest BCUT2D eigenvalue weighted by molar-refractivity contribution is 0.682. The Kier molecular flexibility index (Phi) is 4.19. The number of hydrogen-bond donors (Lipinski definition) is 1. The first-order valence-electron chi connectivity index (χ1n) is 5.56. The van der Waals surface area contributed by atoms with Gasteiger partial charge in [0.15, 0.2) is 0 Å². The molecular formula is C14H14BrNOS. The Bertz CT molecular complexity index is 581. The van der Waals surface area contributed by atoms with Crippen molar-refractivity contribution >= 4 is 32.4 Å². The SMILES string of the molecule is Cc1c(N)cccc1S(=O)Cc1ccc(Br)cc1. The maximum Gasteiger partial charge on any atom is 0.0577 e. The van der Waals surface area contributed by atoms with Crippen LogP contribution in [-0.2, 0) is 16.6 Å². The topological polar surface area (TPSA) is 43.1 Å². The molecule has 2 nitrogen and oxygen atoms in total. The molecule has 2 N–H and O–H groups in total. The van der Waals surface area contributed by atoms with Gasteiger partial charge in [0.2, 0.25) is 0 Å². The summed E-state index contributed by atoms with van der Waals surface area (Å²) in [5, 5.41) is 0. The van der Waals surface area contributed by atoms with Crippen molar-refractivity contribution in [3.63, 3.8) is 0 Å². The predicted octanol–water partition coefficient (Wildman–Crippen LogP) is 3.65. The molecule has 94 valence electrons. The van der Waals surface area contributed by atoms with E-state index in [0.717, 1.165) is 20.5 Å². The fourth-order valence-corrected chi connectivity index (χ4v) is 3.29. The fourth-order valence-electron chi connectivity index (χ4n) is 1.69. The maximum absolute atomic E-state index is 12.3. The number of benzene rings is 2. The molecule has 2 aromatic carbocycles. The van der Waals surface area contributed by atoms with Crippen LogP contribution in [-0.4, -0.2) is 4.21 Å². The van der Waals surface area contributed by atoms with Crippen molar-refractivity contribution < 1.29 is 4.21 Å². The van der Waals surface area contributed by atoms with Gasteiger partial charge in [0, 0.05) is 15.1 Å². The van der Waals surface area contributed by atoms with Crippen LogP contribution in [0.3, 0.4) is 0 Å².